The number of carbonyl (C=O) groups is 1. The Morgan fingerprint density at radius 2 is 1.71 bits per heavy atom. The summed E-state index contributed by atoms with van der Waals surface area (Å²) in [6.45, 7) is 5.40. The number of carbonyl (C=O) groups excluding carboxylic acids is 1. The number of ether oxygens (including phenoxy) is 1. The molecule has 0 bridgehead atoms. The van der Waals surface area contributed by atoms with Crippen molar-refractivity contribution in [3.63, 3.8) is 0 Å². The van der Waals surface area contributed by atoms with Crippen LogP contribution >= 0.6 is 11.6 Å². The zero-order valence-corrected chi connectivity index (χ0v) is 16.8. The SMILES string of the molecule is Cn1c(=O)cc(N2CCN(C(=O)C(C)(C)Oc3ccc(Cl)cc3)CC2)[nH]c1=O. The van der Waals surface area contributed by atoms with E-state index >= 15 is 0 Å². The van der Waals surface area contributed by atoms with Gasteiger partial charge < -0.3 is 14.5 Å². The lowest BCUT2D eigenvalue weighted by Gasteiger charge is -2.39. The van der Waals surface area contributed by atoms with Gasteiger partial charge in [-0.2, -0.15) is 0 Å². The van der Waals surface area contributed by atoms with Crippen LogP contribution < -0.4 is 20.9 Å². The highest BCUT2D eigenvalue weighted by Crippen LogP contribution is 2.23. The summed E-state index contributed by atoms with van der Waals surface area (Å²) in [6, 6.07) is 8.26. The zero-order valence-electron chi connectivity index (χ0n) is 16.1. The van der Waals surface area contributed by atoms with Crippen LogP contribution in [0.25, 0.3) is 0 Å². The molecule has 1 aromatic carbocycles. The van der Waals surface area contributed by atoms with Gasteiger partial charge in [-0.05, 0) is 38.1 Å². The summed E-state index contributed by atoms with van der Waals surface area (Å²) in [7, 11) is 1.42. The highest BCUT2D eigenvalue weighted by atomic mass is 35.5. The van der Waals surface area contributed by atoms with E-state index in [4.69, 9.17) is 16.3 Å². The summed E-state index contributed by atoms with van der Waals surface area (Å²) >= 11 is 5.88. The van der Waals surface area contributed by atoms with E-state index in [1.807, 2.05) is 4.90 Å². The van der Waals surface area contributed by atoms with Crippen LogP contribution in [0, 0.1) is 0 Å². The molecule has 0 radical (unpaired) electrons. The maximum Gasteiger partial charge on any atom is 0.329 e. The van der Waals surface area contributed by atoms with Crippen molar-refractivity contribution < 1.29 is 9.53 Å². The average Bonchev–Trinajstić information content (AvgIpc) is 2.67. The molecule has 28 heavy (non-hydrogen) atoms. The van der Waals surface area contributed by atoms with Crippen LogP contribution in [-0.2, 0) is 11.8 Å². The molecule has 1 aliphatic heterocycles. The summed E-state index contributed by atoms with van der Waals surface area (Å²) in [4.78, 5) is 42.9. The first kappa shape index (κ1) is 20.0. The van der Waals surface area contributed by atoms with Crippen molar-refractivity contribution in [2.75, 3.05) is 31.1 Å². The van der Waals surface area contributed by atoms with Gasteiger partial charge in [0.1, 0.15) is 11.6 Å². The minimum atomic E-state index is -1.03. The summed E-state index contributed by atoms with van der Waals surface area (Å²) < 4.78 is 6.89. The van der Waals surface area contributed by atoms with Crippen molar-refractivity contribution in [1.29, 1.82) is 0 Å². The molecule has 0 unspecified atom stereocenters. The van der Waals surface area contributed by atoms with Crippen LogP contribution in [0.2, 0.25) is 5.02 Å². The van der Waals surface area contributed by atoms with Crippen LogP contribution in [0.4, 0.5) is 5.82 Å². The van der Waals surface area contributed by atoms with Gasteiger partial charge in [-0.1, -0.05) is 11.6 Å². The van der Waals surface area contributed by atoms with Crippen LogP contribution in [0.15, 0.2) is 39.9 Å². The second kappa shape index (κ2) is 7.71. The van der Waals surface area contributed by atoms with Crippen LogP contribution in [-0.4, -0.2) is 52.1 Å². The Morgan fingerprint density at radius 3 is 2.29 bits per heavy atom. The molecule has 1 amide bonds. The lowest BCUT2D eigenvalue weighted by Crippen LogP contribution is -2.56. The number of aromatic nitrogens is 2. The predicted octanol–water partition coefficient (Wildman–Crippen LogP) is 1.23. The second-order valence-electron chi connectivity index (χ2n) is 7.20. The first-order valence-electron chi connectivity index (χ1n) is 8.96. The van der Waals surface area contributed by atoms with Crippen LogP contribution in [0.5, 0.6) is 5.75 Å². The molecule has 0 saturated carbocycles. The summed E-state index contributed by atoms with van der Waals surface area (Å²) in [6.07, 6.45) is 0. The number of hydrogen-bond acceptors (Lipinski definition) is 5. The molecule has 1 saturated heterocycles. The van der Waals surface area contributed by atoms with Crippen molar-refractivity contribution in [1.82, 2.24) is 14.5 Å². The standard InChI is InChI=1S/C19H23ClN4O4/c1-19(2,28-14-6-4-13(20)5-7-14)17(26)24-10-8-23(9-11-24)15-12-16(25)22(3)18(27)21-15/h4-7,12H,8-11H2,1-3H3,(H,21,27). The van der Waals surface area contributed by atoms with Crippen molar-refractivity contribution >= 4 is 23.3 Å². The Labute approximate surface area is 167 Å². The number of aromatic amines is 1. The number of benzene rings is 1. The van der Waals surface area contributed by atoms with Crippen molar-refractivity contribution in [3.05, 3.63) is 56.2 Å². The lowest BCUT2D eigenvalue weighted by molar-refractivity contribution is -0.145. The highest BCUT2D eigenvalue weighted by molar-refractivity contribution is 6.30. The maximum atomic E-state index is 12.9. The van der Waals surface area contributed by atoms with E-state index < -0.39 is 11.3 Å². The second-order valence-corrected chi connectivity index (χ2v) is 7.64. The van der Waals surface area contributed by atoms with Crippen molar-refractivity contribution in [3.8, 4) is 5.75 Å². The van der Waals surface area contributed by atoms with Crippen molar-refractivity contribution in [2.24, 2.45) is 7.05 Å². The van der Waals surface area contributed by atoms with Gasteiger partial charge in [0.15, 0.2) is 5.60 Å². The molecule has 2 heterocycles. The number of amides is 1. The minimum absolute atomic E-state index is 0.125. The van der Waals surface area contributed by atoms with E-state index in [2.05, 4.69) is 4.98 Å². The molecule has 0 atom stereocenters. The Bertz CT molecular complexity index is 941. The molecule has 1 N–H and O–H groups in total. The molecule has 9 heteroatoms. The third-order valence-electron chi connectivity index (χ3n) is 4.74. The van der Waals surface area contributed by atoms with E-state index in [9.17, 15) is 14.4 Å². The molecule has 1 aliphatic rings. The Morgan fingerprint density at radius 1 is 1.11 bits per heavy atom. The van der Waals surface area contributed by atoms with E-state index in [0.717, 1.165) is 4.57 Å². The van der Waals surface area contributed by atoms with Crippen molar-refractivity contribution in [2.45, 2.75) is 19.4 Å². The third-order valence-corrected chi connectivity index (χ3v) is 4.99. The summed E-state index contributed by atoms with van der Waals surface area (Å²) in [5, 5.41) is 0.599. The van der Waals surface area contributed by atoms with E-state index in [-0.39, 0.29) is 11.5 Å². The number of halogens is 1. The molecule has 0 aliphatic carbocycles. The Kier molecular flexibility index (Phi) is 5.51. The number of hydrogen-bond donors (Lipinski definition) is 1. The van der Waals surface area contributed by atoms with E-state index in [1.54, 1.807) is 43.0 Å². The maximum absolute atomic E-state index is 12.9. The molecule has 8 nitrogen and oxygen atoms in total. The van der Waals surface area contributed by atoms with Crippen LogP contribution in [0.1, 0.15) is 13.8 Å². The number of rotatable bonds is 4. The van der Waals surface area contributed by atoms with Crippen LogP contribution in [0.3, 0.4) is 0 Å². The fraction of sp³-hybridized carbons (Fsp3) is 0.421. The summed E-state index contributed by atoms with van der Waals surface area (Å²) in [5.74, 6) is 0.913. The van der Waals surface area contributed by atoms with Gasteiger partial charge in [-0.15, -0.1) is 0 Å². The number of piperazine rings is 1. The number of anilines is 1. The van der Waals surface area contributed by atoms with Gasteiger partial charge in [0.2, 0.25) is 0 Å². The van der Waals surface area contributed by atoms with Gasteiger partial charge in [-0.3, -0.25) is 19.1 Å². The van der Waals surface area contributed by atoms with Gasteiger partial charge in [0.05, 0.1) is 0 Å². The predicted molar refractivity (Wildman–Crippen MR) is 107 cm³/mol. The molecule has 150 valence electrons. The van der Waals surface area contributed by atoms with E-state index in [1.165, 1.54) is 13.1 Å². The molecular formula is C19H23ClN4O4. The highest BCUT2D eigenvalue weighted by Gasteiger charge is 2.35. The zero-order chi connectivity index (χ0) is 20.5. The lowest BCUT2D eigenvalue weighted by atomic mass is 10.1. The Hall–Kier alpha value is -2.74. The average molecular weight is 407 g/mol. The molecular weight excluding hydrogens is 384 g/mol. The largest absolute Gasteiger partial charge is 0.478 e. The Balaban J connectivity index is 1.65. The van der Waals surface area contributed by atoms with Gasteiger partial charge >= 0.3 is 5.69 Å². The molecule has 2 aromatic rings. The molecule has 3 rings (SSSR count). The minimum Gasteiger partial charge on any atom is -0.478 e. The van der Waals surface area contributed by atoms with Gasteiger partial charge in [0, 0.05) is 44.3 Å². The first-order valence-corrected chi connectivity index (χ1v) is 9.34. The quantitative estimate of drug-likeness (QED) is 0.825. The molecule has 0 spiro atoms. The number of H-pyrrole nitrogens is 1. The van der Waals surface area contributed by atoms with Gasteiger partial charge in [-0.25, -0.2) is 4.79 Å². The number of nitrogens with zero attached hydrogens (tertiary/aromatic N) is 3. The van der Waals surface area contributed by atoms with E-state index in [0.29, 0.717) is 42.8 Å². The monoisotopic (exact) mass is 406 g/mol. The first-order chi connectivity index (χ1) is 13.2. The normalized spacial score (nSPS) is 14.9. The molecule has 1 aromatic heterocycles. The topological polar surface area (TPSA) is 87.6 Å². The van der Waals surface area contributed by atoms with Gasteiger partial charge in [0.25, 0.3) is 11.5 Å². The third kappa shape index (κ3) is 4.22. The fourth-order valence-corrected chi connectivity index (χ4v) is 3.21. The smallest absolute Gasteiger partial charge is 0.329 e. The molecule has 1 fully saturated rings. The summed E-state index contributed by atoms with van der Waals surface area (Å²) in [5.41, 5.74) is -1.86. The number of nitrogens with one attached hydrogen (secondary N) is 1. The fourth-order valence-electron chi connectivity index (χ4n) is 3.09.